The fourth-order valence-corrected chi connectivity index (χ4v) is 3.48. The molecule has 0 aromatic heterocycles. The number of nitrogens with zero attached hydrogens (tertiary/aromatic N) is 1. The minimum atomic E-state index is -3.07. The van der Waals surface area contributed by atoms with Gasteiger partial charge in [-0.15, -0.1) is 0 Å². The highest BCUT2D eigenvalue weighted by molar-refractivity contribution is 7.89. The van der Waals surface area contributed by atoms with Crippen LogP contribution in [0.15, 0.2) is 24.3 Å². The predicted octanol–water partition coefficient (Wildman–Crippen LogP) is 1.90. The molecular formula is C15H24N2O2S. The highest BCUT2D eigenvalue weighted by Gasteiger charge is 2.22. The zero-order chi connectivity index (χ0) is 14.6. The molecule has 1 saturated heterocycles. The number of sulfonamides is 1. The lowest BCUT2D eigenvalue weighted by Gasteiger charge is -2.32. The molecule has 1 aliphatic heterocycles. The smallest absolute Gasteiger partial charge is 0.211 e. The molecule has 4 nitrogen and oxygen atoms in total. The highest BCUT2D eigenvalue weighted by atomic mass is 32.2. The second-order valence-electron chi connectivity index (χ2n) is 5.50. The average molecular weight is 296 g/mol. The largest absolute Gasteiger partial charge is 0.299 e. The third kappa shape index (κ3) is 4.30. The molecule has 0 bridgehead atoms. The quantitative estimate of drug-likeness (QED) is 0.903. The fourth-order valence-electron chi connectivity index (χ4n) is 2.57. The monoisotopic (exact) mass is 296 g/mol. The van der Waals surface area contributed by atoms with E-state index in [1.165, 1.54) is 11.1 Å². The van der Waals surface area contributed by atoms with Gasteiger partial charge in [-0.05, 0) is 37.8 Å². The summed E-state index contributed by atoms with van der Waals surface area (Å²) in [6.07, 6.45) is 1.79. The van der Waals surface area contributed by atoms with Crippen molar-refractivity contribution in [2.75, 3.05) is 18.8 Å². The van der Waals surface area contributed by atoms with Gasteiger partial charge >= 0.3 is 0 Å². The number of aryl methyl sites for hydroxylation is 1. The van der Waals surface area contributed by atoms with Crippen molar-refractivity contribution >= 4 is 10.0 Å². The zero-order valence-corrected chi connectivity index (χ0v) is 13.1. The highest BCUT2D eigenvalue weighted by Crippen LogP contribution is 2.16. The summed E-state index contributed by atoms with van der Waals surface area (Å²) in [6.45, 7) is 6.67. The van der Waals surface area contributed by atoms with Crippen molar-refractivity contribution < 1.29 is 8.42 Å². The molecule has 1 fully saturated rings. The van der Waals surface area contributed by atoms with Crippen LogP contribution < -0.4 is 4.72 Å². The minimum Gasteiger partial charge on any atom is -0.299 e. The topological polar surface area (TPSA) is 49.4 Å². The van der Waals surface area contributed by atoms with Gasteiger partial charge in [-0.2, -0.15) is 0 Å². The van der Waals surface area contributed by atoms with E-state index in [-0.39, 0.29) is 11.8 Å². The Kier molecular flexibility index (Phi) is 5.18. The first-order chi connectivity index (χ1) is 9.50. The van der Waals surface area contributed by atoms with Crippen LogP contribution in [0, 0.1) is 6.92 Å². The van der Waals surface area contributed by atoms with Crippen LogP contribution in [0.3, 0.4) is 0 Å². The van der Waals surface area contributed by atoms with Crippen molar-refractivity contribution in [3.63, 3.8) is 0 Å². The standard InChI is InChI=1S/C15H24N2O2S/c1-3-20(18,19)16-15-8-10-17(11-9-15)12-14-7-5-4-6-13(14)2/h4-7,15-16H,3,8-12H2,1-2H3. The van der Waals surface area contributed by atoms with E-state index in [0.717, 1.165) is 32.5 Å². The van der Waals surface area contributed by atoms with Crippen LogP contribution in [0.25, 0.3) is 0 Å². The molecule has 0 saturated carbocycles. The average Bonchev–Trinajstić information content (AvgIpc) is 2.43. The second-order valence-corrected chi connectivity index (χ2v) is 7.54. The number of nitrogens with one attached hydrogen (secondary N) is 1. The molecule has 1 N–H and O–H groups in total. The molecule has 2 rings (SSSR count). The molecule has 1 aromatic carbocycles. The summed E-state index contributed by atoms with van der Waals surface area (Å²) in [6, 6.07) is 8.54. The summed E-state index contributed by atoms with van der Waals surface area (Å²) >= 11 is 0. The first kappa shape index (κ1) is 15.5. The number of hydrogen-bond acceptors (Lipinski definition) is 3. The predicted molar refractivity (Wildman–Crippen MR) is 82.1 cm³/mol. The number of piperidine rings is 1. The number of rotatable bonds is 5. The second kappa shape index (κ2) is 6.70. The summed E-state index contributed by atoms with van der Waals surface area (Å²) in [5, 5.41) is 0. The van der Waals surface area contributed by atoms with E-state index in [9.17, 15) is 8.42 Å². The van der Waals surface area contributed by atoms with Gasteiger partial charge in [0.05, 0.1) is 5.75 Å². The lowest BCUT2D eigenvalue weighted by atomic mass is 10.0. The summed E-state index contributed by atoms with van der Waals surface area (Å²) in [7, 11) is -3.07. The van der Waals surface area contributed by atoms with Crippen molar-refractivity contribution in [1.82, 2.24) is 9.62 Å². The van der Waals surface area contributed by atoms with Crippen molar-refractivity contribution in [1.29, 1.82) is 0 Å². The molecule has 0 spiro atoms. The fraction of sp³-hybridized carbons (Fsp3) is 0.600. The molecule has 20 heavy (non-hydrogen) atoms. The Hall–Kier alpha value is -0.910. The minimum absolute atomic E-state index is 0.105. The van der Waals surface area contributed by atoms with Crippen molar-refractivity contribution in [3.8, 4) is 0 Å². The molecule has 1 aromatic rings. The van der Waals surface area contributed by atoms with Crippen LogP contribution >= 0.6 is 0 Å². The molecule has 0 unspecified atom stereocenters. The van der Waals surface area contributed by atoms with E-state index in [0.29, 0.717) is 0 Å². The number of likely N-dealkylation sites (tertiary alicyclic amines) is 1. The van der Waals surface area contributed by atoms with Crippen LogP contribution in [0.1, 0.15) is 30.9 Å². The zero-order valence-electron chi connectivity index (χ0n) is 12.3. The molecule has 0 amide bonds. The molecule has 0 radical (unpaired) electrons. The van der Waals surface area contributed by atoms with Gasteiger partial charge in [0, 0.05) is 25.7 Å². The number of benzene rings is 1. The van der Waals surface area contributed by atoms with E-state index < -0.39 is 10.0 Å². The Bertz CT molecular complexity index is 535. The molecule has 5 heteroatoms. The van der Waals surface area contributed by atoms with Gasteiger partial charge in [-0.3, -0.25) is 4.90 Å². The van der Waals surface area contributed by atoms with Crippen LogP contribution in [-0.2, 0) is 16.6 Å². The third-order valence-corrected chi connectivity index (χ3v) is 5.42. The first-order valence-corrected chi connectivity index (χ1v) is 8.92. The lowest BCUT2D eigenvalue weighted by Crippen LogP contribution is -2.44. The van der Waals surface area contributed by atoms with Crippen LogP contribution in [0.4, 0.5) is 0 Å². The van der Waals surface area contributed by atoms with Gasteiger partial charge in [-0.25, -0.2) is 13.1 Å². The Morgan fingerprint density at radius 3 is 2.50 bits per heavy atom. The maximum Gasteiger partial charge on any atom is 0.211 e. The molecule has 1 heterocycles. The summed E-state index contributed by atoms with van der Waals surface area (Å²) in [5.41, 5.74) is 2.68. The third-order valence-electron chi connectivity index (χ3n) is 3.97. The molecule has 0 aliphatic carbocycles. The van der Waals surface area contributed by atoms with Gasteiger partial charge in [0.25, 0.3) is 0 Å². The summed E-state index contributed by atoms with van der Waals surface area (Å²) in [5.74, 6) is 0.163. The van der Waals surface area contributed by atoms with E-state index in [1.54, 1.807) is 6.92 Å². The Labute approximate surface area is 122 Å². The van der Waals surface area contributed by atoms with Gasteiger partial charge < -0.3 is 0 Å². The molecule has 1 aliphatic rings. The van der Waals surface area contributed by atoms with Gasteiger partial charge in [-0.1, -0.05) is 24.3 Å². The first-order valence-electron chi connectivity index (χ1n) is 7.27. The normalized spacial score (nSPS) is 18.3. The van der Waals surface area contributed by atoms with Gasteiger partial charge in [0.15, 0.2) is 0 Å². The number of hydrogen-bond donors (Lipinski definition) is 1. The summed E-state index contributed by atoms with van der Waals surface area (Å²) < 4.78 is 25.9. The van der Waals surface area contributed by atoms with E-state index in [1.807, 2.05) is 0 Å². The van der Waals surface area contributed by atoms with Crippen LogP contribution in [0.5, 0.6) is 0 Å². The van der Waals surface area contributed by atoms with Gasteiger partial charge in [0.1, 0.15) is 0 Å². The van der Waals surface area contributed by atoms with Crippen molar-refractivity contribution in [3.05, 3.63) is 35.4 Å². The maximum atomic E-state index is 11.6. The van der Waals surface area contributed by atoms with E-state index in [4.69, 9.17) is 0 Å². The molecule has 112 valence electrons. The van der Waals surface area contributed by atoms with Gasteiger partial charge in [0.2, 0.25) is 10.0 Å². The Morgan fingerprint density at radius 1 is 1.25 bits per heavy atom. The van der Waals surface area contributed by atoms with E-state index in [2.05, 4.69) is 40.8 Å². The van der Waals surface area contributed by atoms with E-state index >= 15 is 0 Å². The Morgan fingerprint density at radius 2 is 1.90 bits per heavy atom. The SMILES string of the molecule is CCS(=O)(=O)NC1CCN(Cc2ccccc2C)CC1. The van der Waals surface area contributed by atoms with Crippen LogP contribution in [-0.4, -0.2) is 38.2 Å². The van der Waals surface area contributed by atoms with Crippen LogP contribution in [0.2, 0.25) is 0 Å². The van der Waals surface area contributed by atoms with Crippen molar-refractivity contribution in [2.24, 2.45) is 0 Å². The maximum absolute atomic E-state index is 11.6. The Balaban J connectivity index is 1.84. The van der Waals surface area contributed by atoms with Crippen molar-refractivity contribution in [2.45, 2.75) is 39.3 Å². The lowest BCUT2D eigenvalue weighted by molar-refractivity contribution is 0.199. The molecule has 0 atom stereocenters. The molecular weight excluding hydrogens is 272 g/mol. The summed E-state index contributed by atoms with van der Waals surface area (Å²) in [4.78, 5) is 2.40.